The van der Waals surface area contributed by atoms with Gasteiger partial charge in [0.1, 0.15) is 17.3 Å². The van der Waals surface area contributed by atoms with Crippen LogP contribution in [0, 0.1) is 0 Å². The molecule has 0 fully saturated rings. The second-order valence-corrected chi connectivity index (χ2v) is 6.16. The molecular weight excluding hydrogens is 384 g/mol. The molecule has 0 unspecified atom stereocenters. The van der Waals surface area contributed by atoms with Crippen molar-refractivity contribution >= 4 is 18.1 Å². The van der Waals surface area contributed by atoms with Crippen LogP contribution in [0.4, 0.5) is 0 Å². The van der Waals surface area contributed by atoms with Gasteiger partial charge in [-0.15, -0.1) is 0 Å². The van der Waals surface area contributed by atoms with E-state index in [-0.39, 0.29) is 11.9 Å². The van der Waals surface area contributed by atoms with E-state index in [0.29, 0.717) is 41.6 Å². The number of carbonyl (C=O) groups excluding carboxylic acids is 2. The fourth-order valence-electron chi connectivity index (χ4n) is 2.68. The molecule has 0 aliphatic heterocycles. The molecule has 0 aliphatic rings. The largest absolute Gasteiger partial charge is 0.494 e. The predicted octanol–water partition coefficient (Wildman–Crippen LogP) is 4.29. The van der Waals surface area contributed by atoms with Gasteiger partial charge < -0.3 is 13.9 Å². The number of hydrogen-bond donors (Lipinski definition) is 1. The highest BCUT2D eigenvalue weighted by Gasteiger charge is 2.10. The lowest BCUT2D eigenvalue weighted by Crippen LogP contribution is -2.17. The molecule has 30 heavy (non-hydrogen) atoms. The first-order valence-electron chi connectivity index (χ1n) is 9.54. The molecule has 0 atom stereocenters. The Kier molecular flexibility index (Phi) is 7.00. The fourth-order valence-corrected chi connectivity index (χ4v) is 2.68. The van der Waals surface area contributed by atoms with Crippen molar-refractivity contribution in [2.24, 2.45) is 5.10 Å². The average molecular weight is 406 g/mol. The van der Waals surface area contributed by atoms with Gasteiger partial charge in [0.05, 0.1) is 25.0 Å². The number of hydrogen-bond acceptors (Lipinski definition) is 6. The molecule has 0 bridgehead atoms. The summed E-state index contributed by atoms with van der Waals surface area (Å²) in [6, 6.07) is 17.2. The van der Waals surface area contributed by atoms with Crippen LogP contribution in [0.5, 0.6) is 5.75 Å². The van der Waals surface area contributed by atoms with E-state index in [1.54, 1.807) is 61.5 Å². The molecule has 1 heterocycles. The first kappa shape index (κ1) is 20.9. The van der Waals surface area contributed by atoms with Crippen LogP contribution < -0.4 is 10.2 Å². The van der Waals surface area contributed by atoms with E-state index in [9.17, 15) is 9.59 Å². The SMILES string of the molecule is CCOC(=O)c1cccc(-c2ccc(/C=N/NC(=O)c3ccc(OCC)cc3)o2)c1. The smallest absolute Gasteiger partial charge is 0.338 e. The summed E-state index contributed by atoms with van der Waals surface area (Å²) in [5.41, 5.74) is 4.10. The van der Waals surface area contributed by atoms with E-state index in [1.807, 2.05) is 13.0 Å². The molecule has 1 N–H and O–H groups in total. The van der Waals surface area contributed by atoms with Crippen LogP contribution in [0.2, 0.25) is 0 Å². The zero-order chi connectivity index (χ0) is 21.3. The minimum Gasteiger partial charge on any atom is -0.494 e. The fraction of sp³-hybridized carbons (Fsp3) is 0.174. The van der Waals surface area contributed by atoms with E-state index in [4.69, 9.17) is 13.9 Å². The van der Waals surface area contributed by atoms with Gasteiger partial charge in [-0.1, -0.05) is 12.1 Å². The van der Waals surface area contributed by atoms with E-state index in [0.717, 1.165) is 5.56 Å². The summed E-state index contributed by atoms with van der Waals surface area (Å²) in [6.07, 6.45) is 1.41. The Morgan fingerprint density at radius 1 is 1.00 bits per heavy atom. The molecule has 7 nitrogen and oxygen atoms in total. The number of carbonyl (C=O) groups is 2. The second kappa shape index (κ2) is 10.1. The Morgan fingerprint density at radius 3 is 2.53 bits per heavy atom. The van der Waals surface area contributed by atoms with Crippen molar-refractivity contribution < 1.29 is 23.5 Å². The number of furan rings is 1. The zero-order valence-corrected chi connectivity index (χ0v) is 16.8. The summed E-state index contributed by atoms with van der Waals surface area (Å²) in [6.45, 7) is 4.53. The standard InChI is InChI=1S/C23H22N2O5/c1-3-28-19-10-8-16(9-11-19)22(26)25-24-15-20-12-13-21(30-20)17-6-5-7-18(14-17)23(27)29-4-2/h5-15H,3-4H2,1-2H3,(H,25,26)/b24-15+. The van der Waals surface area contributed by atoms with Crippen LogP contribution >= 0.6 is 0 Å². The van der Waals surface area contributed by atoms with E-state index in [1.165, 1.54) is 6.21 Å². The topological polar surface area (TPSA) is 90.1 Å². The van der Waals surface area contributed by atoms with Crippen molar-refractivity contribution in [2.45, 2.75) is 13.8 Å². The molecule has 7 heteroatoms. The maximum Gasteiger partial charge on any atom is 0.338 e. The number of rotatable bonds is 8. The monoisotopic (exact) mass is 406 g/mol. The molecule has 2 aromatic carbocycles. The Balaban J connectivity index is 1.62. The van der Waals surface area contributed by atoms with Gasteiger partial charge in [0.25, 0.3) is 5.91 Å². The normalized spacial score (nSPS) is 10.7. The Bertz CT molecular complexity index is 1040. The molecule has 0 spiro atoms. The van der Waals surface area contributed by atoms with Crippen molar-refractivity contribution in [1.82, 2.24) is 5.43 Å². The van der Waals surface area contributed by atoms with Crippen molar-refractivity contribution in [3.63, 3.8) is 0 Å². The minimum absolute atomic E-state index is 0.312. The summed E-state index contributed by atoms with van der Waals surface area (Å²) in [4.78, 5) is 24.0. The van der Waals surface area contributed by atoms with Crippen molar-refractivity contribution in [3.05, 3.63) is 77.6 Å². The number of hydrazone groups is 1. The van der Waals surface area contributed by atoms with Gasteiger partial charge in [-0.3, -0.25) is 4.79 Å². The number of amides is 1. The van der Waals surface area contributed by atoms with Gasteiger partial charge in [0.15, 0.2) is 0 Å². The van der Waals surface area contributed by atoms with E-state index < -0.39 is 0 Å². The van der Waals surface area contributed by atoms with Gasteiger partial charge in [0, 0.05) is 11.1 Å². The van der Waals surface area contributed by atoms with Gasteiger partial charge >= 0.3 is 5.97 Å². The highest BCUT2D eigenvalue weighted by molar-refractivity contribution is 5.95. The summed E-state index contributed by atoms with van der Waals surface area (Å²) < 4.78 is 16.1. The number of nitrogens with one attached hydrogen (secondary N) is 1. The molecule has 0 saturated heterocycles. The second-order valence-electron chi connectivity index (χ2n) is 6.16. The van der Waals surface area contributed by atoms with E-state index in [2.05, 4.69) is 10.5 Å². The van der Waals surface area contributed by atoms with Gasteiger partial charge in [-0.05, 0) is 62.4 Å². The lowest BCUT2D eigenvalue weighted by Gasteiger charge is -2.04. The highest BCUT2D eigenvalue weighted by atomic mass is 16.5. The number of ether oxygens (including phenoxy) is 2. The maximum absolute atomic E-state index is 12.1. The summed E-state index contributed by atoms with van der Waals surface area (Å²) in [5, 5.41) is 3.93. The third kappa shape index (κ3) is 5.35. The van der Waals surface area contributed by atoms with Crippen LogP contribution in [0.1, 0.15) is 40.3 Å². The first-order chi connectivity index (χ1) is 14.6. The Morgan fingerprint density at radius 2 is 1.80 bits per heavy atom. The lowest BCUT2D eigenvalue weighted by atomic mass is 10.1. The van der Waals surface area contributed by atoms with Crippen LogP contribution in [0.3, 0.4) is 0 Å². The van der Waals surface area contributed by atoms with Gasteiger partial charge in [0.2, 0.25) is 0 Å². The number of nitrogens with zero attached hydrogens (tertiary/aromatic N) is 1. The quantitative estimate of drug-likeness (QED) is 0.342. The number of esters is 1. The van der Waals surface area contributed by atoms with Crippen LogP contribution in [0.25, 0.3) is 11.3 Å². The van der Waals surface area contributed by atoms with Crippen molar-refractivity contribution in [2.75, 3.05) is 13.2 Å². The summed E-state index contributed by atoms with van der Waals surface area (Å²) in [7, 11) is 0. The summed E-state index contributed by atoms with van der Waals surface area (Å²) >= 11 is 0. The number of benzene rings is 2. The van der Waals surface area contributed by atoms with E-state index >= 15 is 0 Å². The molecule has 0 aliphatic carbocycles. The maximum atomic E-state index is 12.1. The van der Waals surface area contributed by atoms with Crippen LogP contribution in [0.15, 0.2) is 70.2 Å². The molecule has 3 rings (SSSR count). The van der Waals surface area contributed by atoms with Crippen LogP contribution in [-0.4, -0.2) is 31.3 Å². The molecular formula is C23H22N2O5. The molecule has 0 saturated carbocycles. The molecule has 154 valence electrons. The molecule has 1 amide bonds. The van der Waals surface area contributed by atoms with Crippen LogP contribution in [-0.2, 0) is 4.74 Å². The molecule has 0 radical (unpaired) electrons. The highest BCUT2D eigenvalue weighted by Crippen LogP contribution is 2.23. The lowest BCUT2D eigenvalue weighted by molar-refractivity contribution is 0.0526. The predicted molar refractivity (Wildman–Crippen MR) is 113 cm³/mol. The average Bonchev–Trinajstić information content (AvgIpc) is 3.24. The van der Waals surface area contributed by atoms with Crippen molar-refractivity contribution in [1.29, 1.82) is 0 Å². The molecule has 3 aromatic rings. The Labute approximate surface area is 174 Å². The summed E-state index contributed by atoms with van der Waals surface area (Å²) in [5.74, 6) is 1.000. The van der Waals surface area contributed by atoms with Gasteiger partial charge in [-0.25, -0.2) is 10.2 Å². The minimum atomic E-state index is -0.385. The zero-order valence-electron chi connectivity index (χ0n) is 16.8. The Hall–Kier alpha value is -3.87. The van der Waals surface area contributed by atoms with Crippen molar-refractivity contribution in [3.8, 4) is 17.1 Å². The third-order valence-corrected chi connectivity index (χ3v) is 4.07. The third-order valence-electron chi connectivity index (χ3n) is 4.07. The first-order valence-corrected chi connectivity index (χ1v) is 9.54. The molecule has 1 aromatic heterocycles. The van der Waals surface area contributed by atoms with Gasteiger partial charge in [-0.2, -0.15) is 5.10 Å².